The number of rotatable bonds is 4. The molecule has 4 heteroatoms. The maximum Gasteiger partial charge on any atom is 0.164 e. The Morgan fingerprint density at radius 2 is 1.48 bits per heavy atom. The molecule has 2 aromatic carbocycles. The van der Waals surface area contributed by atoms with Gasteiger partial charge in [-0.25, -0.2) is 0 Å². The van der Waals surface area contributed by atoms with E-state index in [0.717, 1.165) is 32.2 Å². The van der Waals surface area contributed by atoms with Gasteiger partial charge in [-0.1, -0.05) is 60.7 Å². The van der Waals surface area contributed by atoms with E-state index in [-0.39, 0.29) is 16.6 Å². The summed E-state index contributed by atoms with van der Waals surface area (Å²) in [6, 6.07) is 21.4. The van der Waals surface area contributed by atoms with Crippen LogP contribution in [0.25, 0.3) is 0 Å². The van der Waals surface area contributed by atoms with Crippen molar-refractivity contribution in [3.05, 3.63) is 71.8 Å². The van der Waals surface area contributed by atoms with Crippen LogP contribution in [0.4, 0.5) is 0 Å². The summed E-state index contributed by atoms with van der Waals surface area (Å²) in [7, 11) is 4.40. The number of aliphatic hydroxyl groups is 1. The molecule has 4 nitrogen and oxygen atoms in total. The molecule has 2 aliphatic rings. The fraction of sp³-hybridized carbons (Fsp3) is 0.520. The third kappa shape index (κ3) is 3.53. The predicted octanol–water partition coefficient (Wildman–Crippen LogP) is 3.87. The summed E-state index contributed by atoms with van der Waals surface area (Å²) in [6.07, 6.45) is 3.66. The fourth-order valence-corrected chi connectivity index (χ4v) is 5.51. The second-order valence-corrected chi connectivity index (χ2v) is 9.64. The minimum atomic E-state index is -0.617. The highest BCUT2D eigenvalue weighted by molar-refractivity contribution is 5.28. The van der Waals surface area contributed by atoms with Gasteiger partial charge in [0, 0.05) is 23.2 Å². The molecule has 1 spiro atoms. The first-order chi connectivity index (χ1) is 13.8. The van der Waals surface area contributed by atoms with E-state index in [1.54, 1.807) is 0 Å². The van der Waals surface area contributed by atoms with E-state index in [1.165, 1.54) is 11.1 Å². The molecule has 0 amide bonds. The topological polar surface area (TPSA) is 38.7 Å². The Balaban J connectivity index is 1.55. The lowest BCUT2D eigenvalue weighted by Crippen LogP contribution is -2.54. The second kappa shape index (κ2) is 7.51. The molecule has 2 N–H and O–H groups in total. The van der Waals surface area contributed by atoms with Crippen molar-refractivity contribution in [2.75, 3.05) is 20.6 Å². The zero-order valence-electron chi connectivity index (χ0n) is 18.2. The summed E-state index contributed by atoms with van der Waals surface area (Å²) < 4.78 is 0. The van der Waals surface area contributed by atoms with Crippen LogP contribution in [0.5, 0.6) is 0 Å². The van der Waals surface area contributed by atoms with E-state index in [2.05, 4.69) is 97.7 Å². The summed E-state index contributed by atoms with van der Waals surface area (Å²) in [6.45, 7) is 5.29. The highest BCUT2D eigenvalue weighted by atomic mass is 16.3. The number of hydrogen-bond donors (Lipinski definition) is 2. The van der Waals surface area contributed by atoms with Gasteiger partial charge in [0.15, 0.2) is 6.35 Å². The van der Waals surface area contributed by atoms with Gasteiger partial charge in [-0.2, -0.15) is 0 Å². The smallest absolute Gasteiger partial charge is 0.164 e. The number of nitrogens with zero attached hydrogens (tertiary/aromatic N) is 2. The molecule has 2 fully saturated rings. The molecule has 1 saturated carbocycles. The first-order valence-corrected chi connectivity index (χ1v) is 10.8. The number of nitrogens with one attached hydrogen (secondary N) is 1. The summed E-state index contributed by atoms with van der Waals surface area (Å²) in [5.41, 5.74) is 2.45. The predicted molar refractivity (Wildman–Crippen MR) is 118 cm³/mol. The molecule has 29 heavy (non-hydrogen) atoms. The van der Waals surface area contributed by atoms with E-state index in [0.29, 0.717) is 0 Å². The van der Waals surface area contributed by atoms with Crippen LogP contribution in [-0.2, 0) is 11.1 Å². The molecule has 1 aliphatic carbocycles. The first kappa shape index (κ1) is 20.5. The van der Waals surface area contributed by atoms with Gasteiger partial charge in [0.05, 0.1) is 0 Å². The molecule has 1 unspecified atom stereocenters. The summed E-state index contributed by atoms with van der Waals surface area (Å²) in [4.78, 5) is 4.62. The van der Waals surface area contributed by atoms with Gasteiger partial charge >= 0.3 is 0 Å². The Morgan fingerprint density at radius 3 is 2.03 bits per heavy atom. The molecular weight excluding hydrogens is 358 g/mol. The van der Waals surface area contributed by atoms with E-state index in [9.17, 15) is 5.11 Å². The molecule has 156 valence electrons. The summed E-state index contributed by atoms with van der Waals surface area (Å²) in [5.74, 6) is 0. The Labute approximate surface area is 175 Å². The van der Waals surface area contributed by atoms with Crippen molar-refractivity contribution < 1.29 is 5.11 Å². The Kier molecular flexibility index (Phi) is 5.32. The quantitative estimate of drug-likeness (QED) is 0.827. The Morgan fingerprint density at radius 1 is 0.931 bits per heavy atom. The molecular formula is C25H35N3O. The van der Waals surface area contributed by atoms with E-state index in [1.807, 2.05) is 6.07 Å². The van der Waals surface area contributed by atoms with E-state index in [4.69, 9.17) is 0 Å². The van der Waals surface area contributed by atoms with Crippen molar-refractivity contribution in [2.45, 2.75) is 62.5 Å². The SMILES string of the molecule is CN(C)[C@]1(c2ccccc2)CC[C@]2(CC1)CN(C(C)(C)c1ccccc1)C(O)N2. The van der Waals surface area contributed by atoms with Crippen LogP contribution >= 0.6 is 0 Å². The first-order valence-electron chi connectivity index (χ1n) is 10.8. The standard InChI is InChI=1S/C25H35N3O/c1-23(2,20-11-7-5-8-12-20)28-19-24(26-22(28)29)15-17-25(18-16-24,27(3)4)21-13-9-6-10-14-21/h5-14,22,26,29H,15-19H2,1-4H3/t22?,24-,25+. The lowest BCUT2D eigenvalue weighted by molar-refractivity contribution is -0.0397. The highest BCUT2D eigenvalue weighted by Crippen LogP contribution is 2.47. The summed E-state index contributed by atoms with van der Waals surface area (Å²) in [5, 5.41) is 14.6. The van der Waals surface area contributed by atoms with Crippen LogP contribution < -0.4 is 5.32 Å². The van der Waals surface area contributed by atoms with Gasteiger partial charge < -0.3 is 5.11 Å². The van der Waals surface area contributed by atoms with Gasteiger partial charge in [-0.05, 0) is 64.8 Å². The third-order valence-corrected chi connectivity index (χ3v) is 7.60. The van der Waals surface area contributed by atoms with Crippen LogP contribution in [0.1, 0.15) is 50.7 Å². The average molecular weight is 394 g/mol. The fourth-order valence-electron chi connectivity index (χ4n) is 5.51. The van der Waals surface area contributed by atoms with Crippen molar-refractivity contribution in [3.8, 4) is 0 Å². The van der Waals surface area contributed by atoms with E-state index < -0.39 is 6.35 Å². The van der Waals surface area contributed by atoms with Crippen LogP contribution in [-0.4, -0.2) is 47.4 Å². The zero-order chi connectivity index (χ0) is 20.7. The van der Waals surface area contributed by atoms with Gasteiger partial charge in [0.25, 0.3) is 0 Å². The second-order valence-electron chi connectivity index (χ2n) is 9.64. The van der Waals surface area contributed by atoms with Crippen LogP contribution in [0.3, 0.4) is 0 Å². The monoisotopic (exact) mass is 393 g/mol. The van der Waals surface area contributed by atoms with Crippen molar-refractivity contribution in [2.24, 2.45) is 0 Å². The number of hydrogen-bond acceptors (Lipinski definition) is 4. The maximum atomic E-state index is 11.0. The van der Waals surface area contributed by atoms with Crippen LogP contribution in [0.15, 0.2) is 60.7 Å². The lowest BCUT2D eigenvalue weighted by Gasteiger charge is -2.49. The van der Waals surface area contributed by atoms with Crippen LogP contribution in [0, 0.1) is 0 Å². The molecule has 1 atom stereocenters. The molecule has 1 heterocycles. The van der Waals surface area contributed by atoms with Gasteiger partial charge in [0.1, 0.15) is 0 Å². The van der Waals surface area contributed by atoms with Crippen molar-refractivity contribution in [1.29, 1.82) is 0 Å². The minimum Gasteiger partial charge on any atom is -0.365 e. The molecule has 4 rings (SSSR count). The van der Waals surface area contributed by atoms with E-state index >= 15 is 0 Å². The number of aliphatic hydroxyl groups excluding tert-OH is 1. The Bertz CT molecular complexity index is 810. The average Bonchev–Trinajstić information content (AvgIpc) is 3.06. The Hall–Kier alpha value is -1.72. The highest BCUT2D eigenvalue weighted by Gasteiger charge is 2.52. The van der Waals surface area contributed by atoms with Gasteiger partial charge in [-0.3, -0.25) is 15.1 Å². The third-order valence-electron chi connectivity index (χ3n) is 7.60. The lowest BCUT2D eigenvalue weighted by atomic mass is 9.68. The molecule has 1 saturated heterocycles. The molecule has 0 aromatic heterocycles. The zero-order valence-corrected chi connectivity index (χ0v) is 18.2. The van der Waals surface area contributed by atoms with Gasteiger partial charge in [-0.15, -0.1) is 0 Å². The molecule has 0 bridgehead atoms. The largest absolute Gasteiger partial charge is 0.365 e. The number of benzene rings is 2. The molecule has 1 aliphatic heterocycles. The molecule has 0 radical (unpaired) electrons. The normalized spacial score (nSPS) is 30.9. The van der Waals surface area contributed by atoms with Crippen LogP contribution in [0.2, 0.25) is 0 Å². The minimum absolute atomic E-state index is 0.0280. The molecule has 2 aromatic rings. The maximum absolute atomic E-state index is 11.0. The van der Waals surface area contributed by atoms with Crippen molar-refractivity contribution in [3.63, 3.8) is 0 Å². The van der Waals surface area contributed by atoms with Gasteiger partial charge in [0.2, 0.25) is 0 Å². The summed E-state index contributed by atoms with van der Waals surface area (Å²) >= 11 is 0. The van der Waals surface area contributed by atoms with Crippen molar-refractivity contribution in [1.82, 2.24) is 15.1 Å². The van der Waals surface area contributed by atoms with Crippen molar-refractivity contribution >= 4 is 0 Å².